The molecule has 4 rings (SSSR count). The number of aromatic amines is 1. The Morgan fingerprint density at radius 2 is 2.19 bits per heavy atom. The molecule has 0 radical (unpaired) electrons. The highest BCUT2D eigenvalue weighted by Crippen LogP contribution is 2.30. The monoisotopic (exact) mass is 353 g/mol. The van der Waals surface area contributed by atoms with E-state index in [4.69, 9.17) is 4.74 Å². The van der Waals surface area contributed by atoms with Crippen LogP contribution in [0.5, 0.6) is 0 Å². The third-order valence-electron chi connectivity index (χ3n) is 4.92. The summed E-state index contributed by atoms with van der Waals surface area (Å²) in [4.78, 5) is 17.2. The van der Waals surface area contributed by atoms with E-state index in [-0.39, 0.29) is 18.1 Å². The lowest BCUT2D eigenvalue weighted by Crippen LogP contribution is -2.30. The van der Waals surface area contributed by atoms with Crippen LogP contribution >= 0.6 is 0 Å². The smallest absolute Gasteiger partial charge is 0.272 e. The Balaban J connectivity index is 1.46. The van der Waals surface area contributed by atoms with Crippen LogP contribution in [0, 0.1) is 6.92 Å². The summed E-state index contributed by atoms with van der Waals surface area (Å²) in [6.45, 7) is 7.15. The summed E-state index contributed by atoms with van der Waals surface area (Å²) in [5.41, 5.74) is 4.41. The van der Waals surface area contributed by atoms with E-state index in [0.29, 0.717) is 25.2 Å². The second-order valence-electron chi connectivity index (χ2n) is 6.81. The number of benzene rings is 1. The van der Waals surface area contributed by atoms with Gasteiger partial charge in [-0.25, -0.2) is 4.98 Å². The van der Waals surface area contributed by atoms with Gasteiger partial charge in [-0.15, -0.1) is 0 Å². The predicted octanol–water partition coefficient (Wildman–Crippen LogP) is 2.52. The van der Waals surface area contributed by atoms with Gasteiger partial charge in [0.1, 0.15) is 5.82 Å². The molecule has 2 aromatic heterocycles. The van der Waals surface area contributed by atoms with Crippen LogP contribution in [0.1, 0.15) is 47.5 Å². The number of fused-ring (bicyclic) bond motifs is 2. The molecule has 3 heterocycles. The largest absolute Gasteiger partial charge is 0.369 e. The zero-order valence-corrected chi connectivity index (χ0v) is 15.2. The van der Waals surface area contributed by atoms with Gasteiger partial charge in [0.15, 0.2) is 5.69 Å². The van der Waals surface area contributed by atoms with Gasteiger partial charge in [0.25, 0.3) is 5.91 Å². The standard InChI is InChI=1S/C19H23N5O2/c1-11-10-14-17(12(2)26-11)22-23-18(14)19(25)20-8-9-24-13(3)21-15-6-4-5-7-16(15)24/h4-7,11-12H,8-10H2,1-3H3,(H,20,25)(H,22,23)/t11-,12+/m1/s1. The molecule has 1 aromatic carbocycles. The second-order valence-corrected chi connectivity index (χ2v) is 6.81. The summed E-state index contributed by atoms with van der Waals surface area (Å²) >= 11 is 0. The lowest BCUT2D eigenvalue weighted by atomic mass is 9.99. The molecule has 0 aliphatic carbocycles. The van der Waals surface area contributed by atoms with Crippen molar-refractivity contribution in [3.05, 3.63) is 47.0 Å². The molecule has 1 amide bonds. The number of hydrogen-bond donors (Lipinski definition) is 2. The van der Waals surface area contributed by atoms with Gasteiger partial charge in [0.2, 0.25) is 0 Å². The van der Waals surface area contributed by atoms with E-state index < -0.39 is 0 Å². The molecular weight excluding hydrogens is 330 g/mol. The number of hydrogen-bond acceptors (Lipinski definition) is 4. The molecule has 0 saturated heterocycles. The topological polar surface area (TPSA) is 84.8 Å². The zero-order chi connectivity index (χ0) is 18.3. The maximum atomic E-state index is 12.6. The minimum absolute atomic E-state index is 0.0669. The van der Waals surface area contributed by atoms with E-state index >= 15 is 0 Å². The van der Waals surface area contributed by atoms with Gasteiger partial charge in [-0.3, -0.25) is 9.89 Å². The number of nitrogens with one attached hydrogen (secondary N) is 2. The summed E-state index contributed by atoms with van der Waals surface area (Å²) in [6.07, 6.45) is 0.717. The van der Waals surface area contributed by atoms with E-state index in [1.54, 1.807) is 0 Å². The first-order chi connectivity index (χ1) is 12.5. The highest BCUT2D eigenvalue weighted by molar-refractivity contribution is 5.94. The minimum atomic E-state index is -0.147. The van der Waals surface area contributed by atoms with Gasteiger partial charge >= 0.3 is 0 Å². The molecule has 0 spiro atoms. The van der Waals surface area contributed by atoms with E-state index in [9.17, 15) is 4.79 Å². The first-order valence-corrected chi connectivity index (χ1v) is 8.97. The molecule has 3 aromatic rings. The van der Waals surface area contributed by atoms with Crippen molar-refractivity contribution in [2.24, 2.45) is 0 Å². The van der Waals surface area contributed by atoms with Gasteiger partial charge in [0, 0.05) is 25.1 Å². The molecule has 0 saturated carbocycles. The number of ether oxygens (including phenoxy) is 1. The van der Waals surface area contributed by atoms with Crippen molar-refractivity contribution in [1.82, 2.24) is 25.1 Å². The van der Waals surface area contributed by atoms with Crippen molar-refractivity contribution in [3.63, 3.8) is 0 Å². The maximum absolute atomic E-state index is 12.6. The highest BCUT2D eigenvalue weighted by Gasteiger charge is 2.29. The van der Waals surface area contributed by atoms with Crippen LogP contribution in [0.2, 0.25) is 0 Å². The predicted molar refractivity (Wildman–Crippen MR) is 98.1 cm³/mol. The van der Waals surface area contributed by atoms with Crippen LogP contribution in [-0.4, -0.2) is 38.3 Å². The van der Waals surface area contributed by atoms with Crippen LogP contribution in [0.3, 0.4) is 0 Å². The Labute approximate surface area is 151 Å². The number of imidazole rings is 1. The average Bonchev–Trinajstić information content (AvgIpc) is 3.16. The fourth-order valence-electron chi connectivity index (χ4n) is 3.70. The lowest BCUT2D eigenvalue weighted by molar-refractivity contribution is -0.00697. The SMILES string of the molecule is Cc1nc2ccccc2n1CCNC(=O)c1n[nH]c2c1C[C@@H](C)O[C@H]2C. The molecule has 0 bridgehead atoms. The molecule has 1 aliphatic heterocycles. The molecular formula is C19H23N5O2. The molecule has 2 atom stereocenters. The Morgan fingerprint density at radius 3 is 3.04 bits per heavy atom. The van der Waals surface area contributed by atoms with Crippen molar-refractivity contribution < 1.29 is 9.53 Å². The van der Waals surface area contributed by atoms with Crippen LogP contribution in [0.15, 0.2) is 24.3 Å². The number of H-pyrrole nitrogens is 1. The Hall–Kier alpha value is -2.67. The first kappa shape index (κ1) is 16.8. The average molecular weight is 353 g/mol. The number of aryl methyl sites for hydroxylation is 1. The summed E-state index contributed by atoms with van der Waals surface area (Å²) < 4.78 is 7.90. The van der Waals surface area contributed by atoms with Gasteiger partial charge in [-0.2, -0.15) is 5.10 Å². The molecule has 7 heteroatoms. The van der Waals surface area contributed by atoms with Gasteiger partial charge in [0.05, 0.1) is 28.9 Å². The summed E-state index contributed by atoms with van der Waals surface area (Å²) in [7, 11) is 0. The molecule has 7 nitrogen and oxygen atoms in total. The number of aromatic nitrogens is 4. The molecule has 1 aliphatic rings. The second kappa shape index (κ2) is 6.57. The molecule has 136 valence electrons. The third-order valence-corrected chi connectivity index (χ3v) is 4.92. The summed E-state index contributed by atoms with van der Waals surface area (Å²) in [5.74, 6) is 0.795. The van der Waals surface area contributed by atoms with Gasteiger partial charge in [-0.1, -0.05) is 12.1 Å². The zero-order valence-electron chi connectivity index (χ0n) is 15.2. The normalized spacial score (nSPS) is 19.5. The highest BCUT2D eigenvalue weighted by atomic mass is 16.5. The van der Waals surface area contributed by atoms with Crippen molar-refractivity contribution in [1.29, 1.82) is 0 Å². The summed E-state index contributed by atoms with van der Waals surface area (Å²) in [6, 6.07) is 8.02. The van der Waals surface area contributed by atoms with Gasteiger partial charge < -0.3 is 14.6 Å². The molecule has 2 N–H and O–H groups in total. The number of carbonyl (C=O) groups excluding carboxylic acids is 1. The Bertz CT molecular complexity index is 958. The third kappa shape index (κ3) is 2.88. The molecule has 0 fully saturated rings. The Morgan fingerprint density at radius 1 is 1.38 bits per heavy atom. The summed E-state index contributed by atoms with van der Waals surface area (Å²) in [5, 5.41) is 10.2. The number of rotatable bonds is 4. The maximum Gasteiger partial charge on any atom is 0.272 e. The van der Waals surface area contributed by atoms with Crippen molar-refractivity contribution in [3.8, 4) is 0 Å². The van der Waals surface area contributed by atoms with Crippen LogP contribution in [-0.2, 0) is 17.7 Å². The van der Waals surface area contributed by atoms with Crippen LogP contribution in [0.25, 0.3) is 11.0 Å². The van der Waals surface area contributed by atoms with E-state index in [1.807, 2.05) is 45.0 Å². The van der Waals surface area contributed by atoms with Crippen LogP contribution < -0.4 is 5.32 Å². The Kier molecular flexibility index (Phi) is 4.24. The van der Waals surface area contributed by atoms with Crippen molar-refractivity contribution >= 4 is 16.9 Å². The van der Waals surface area contributed by atoms with Crippen LogP contribution in [0.4, 0.5) is 0 Å². The number of nitrogens with zero attached hydrogens (tertiary/aromatic N) is 3. The quantitative estimate of drug-likeness (QED) is 0.755. The van der Waals surface area contributed by atoms with E-state index in [0.717, 1.165) is 28.1 Å². The minimum Gasteiger partial charge on any atom is -0.369 e. The number of amides is 1. The van der Waals surface area contributed by atoms with E-state index in [1.165, 1.54) is 0 Å². The van der Waals surface area contributed by atoms with Crippen molar-refractivity contribution in [2.45, 2.75) is 45.9 Å². The first-order valence-electron chi connectivity index (χ1n) is 8.97. The fourth-order valence-corrected chi connectivity index (χ4v) is 3.70. The van der Waals surface area contributed by atoms with E-state index in [2.05, 4.69) is 25.1 Å². The number of para-hydroxylation sites is 2. The number of carbonyl (C=O) groups is 1. The molecule has 0 unspecified atom stereocenters. The lowest BCUT2D eigenvalue weighted by Gasteiger charge is -2.25. The van der Waals surface area contributed by atoms with Crippen molar-refractivity contribution in [2.75, 3.05) is 6.54 Å². The molecule has 26 heavy (non-hydrogen) atoms. The van der Waals surface area contributed by atoms with Gasteiger partial charge in [-0.05, 0) is 32.9 Å². The fraction of sp³-hybridized carbons (Fsp3) is 0.421.